The highest BCUT2D eigenvalue weighted by Gasteiger charge is 2.25. The average molecular weight is 464 g/mol. The number of amides is 1. The molecule has 1 unspecified atom stereocenters. The van der Waals surface area contributed by atoms with Gasteiger partial charge in [0, 0.05) is 23.8 Å². The Kier molecular flexibility index (Phi) is 8.82. The lowest BCUT2D eigenvalue weighted by molar-refractivity contribution is -0.130. The normalized spacial score (nSPS) is 12.4. The molecule has 1 atom stereocenters. The Balaban J connectivity index is 2.23. The van der Waals surface area contributed by atoms with Crippen molar-refractivity contribution in [2.24, 2.45) is 0 Å². The van der Waals surface area contributed by atoms with E-state index in [0.29, 0.717) is 39.8 Å². The van der Waals surface area contributed by atoms with Crippen molar-refractivity contribution in [3.05, 3.63) is 46.9 Å². The Bertz CT molecular complexity index is 944. The molecule has 0 radical (unpaired) electrons. The number of ether oxygens (including phenoxy) is 4. The van der Waals surface area contributed by atoms with E-state index in [0.717, 1.165) is 0 Å². The fraction of sp³-hybridized carbons (Fsp3) is 0.348. The van der Waals surface area contributed by atoms with Gasteiger partial charge in [-0.2, -0.15) is 0 Å². The fourth-order valence-electron chi connectivity index (χ4n) is 2.77. The van der Waals surface area contributed by atoms with Gasteiger partial charge < -0.3 is 33.9 Å². The summed E-state index contributed by atoms with van der Waals surface area (Å²) in [4.78, 5) is 12.1. The lowest BCUT2D eigenvalue weighted by Crippen LogP contribution is -2.36. The van der Waals surface area contributed by atoms with E-state index in [4.69, 9.17) is 18.9 Å². The van der Waals surface area contributed by atoms with Crippen molar-refractivity contribution in [3.8, 4) is 23.0 Å². The molecule has 0 saturated carbocycles. The van der Waals surface area contributed by atoms with Crippen LogP contribution in [0, 0.1) is 0 Å². The zero-order chi connectivity index (χ0) is 23.9. The summed E-state index contributed by atoms with van der Waals surface area (Å²) in [6, 6.07) is 8.53. The van der Waals surface area contributed by atoms with Crippen molar-refractivity contribution in [1.29, 1.82) is 0 Å². The molecular formula is C23H29NO7S. The molecule has 0 heterocycles. The summed E-state index contributed by atoms with van der Waals surface area (Å²) in [5, 5.41) is 14.1. The van der Waals surface area contributed by atoms with Crippen molar-refractivity contribution in [3.63, 3.8) is 0 Å². The number of hydrogen-bond donors (Lipinski definition) is 2. The number of benzene rings is 2. The Labute approximate surface area is 191 Å². The third kappa shape index (κ3) is 6.56. The third-order valence-corrected chi connectivity index (χ3v) is 5.57. The standard InChI is InChI=1S/C23H29NO7S/c1-23(2,26)22(25)24-18-11-15(7-8-19(18)29-4)14-32(27)10-9-17-20(30-5)12-16(28-3)13-21(17)31-6/h7-13,26H,14H2,1-6H3,(H,24,25)/b10-9+. The smallest absolute Gasteiger partial charge is 0.255 e. The SMILES string of the molecule is COc1cc(OC)c(/C=C/[S+]([O-])Cc2ccc(OC)c(NC(=O)C(C)(C)O)c2)c(OC)c1. The van der Waals surface area contributed by atoms with E-state index in [1.54, 1.807) is 48.9 Å². The maximum absolute atomic E-state index is 12.7. The van der Waals surface area contributed by atoms with E-state index in [1.165, 1.54) is 35.2 Å². The molecule has 32 heavy (non-hydrogen) atoms. The molecule has 0 aliphatic heterocycles. The highest BCUT2D eigenvalue weighted by atomic mass is 32.2. The maximum Gasteiger partial charge on any atom is 0.255 e. The van der Waals surface area contributed by atoms with Crippen LogP contribution in [-0.2, 0) is 21.7 Å². The van der Waals surface area contributed by atoms with Crippen LogP contribution in [0.1, 0.15) is 25.0 Å². The summed E-state index contributed by atoms with van der Waals surface area (Å²) in [5.74, 6) is 1.68. The number of methoxy groups -OCH3 is 4. The van der Waals surface area contributed by atoms with Crippen LogP contribution in [0.2, 0.25) is 0 Å². The van der Waals surface area contributed by atoms with E-state index in [-0.39, 0.29) is 5.75 Å². The molecule has 0 saturated heterocycles. The first-order valence-electron chi connectivity index (χ1n) is 9.69. The van der Waals surface area contributed by atoms with Gasteiger partial charge in [-0.05, 0) is 37.2 Å². The first-order valence-corrected chi connectivity index (χ1v) is 11.1. The van der Waals surface area contributed by atoms with Crippen molar-refractivity contribution >= 4 is 28.8 Å². The number of carbonyl (C=O) groups excluding carboxylic acids is 1. The highest BCUT2D eigenvalue weighted by molar-refractivity contribution is 7.93. The number of rotatable bonds is 10. The molecule has 2 rings (SSSR count). The lowest BCUT2D eigenvalue weighted by Gasteiger charge is -2.18. The summed E-state index contributed by atoms with van der Waals surface area (Å²) in [5.41, 5.74) is 0.186. The molecule has 2 aromatic carbocycles. The predicted octanol–water partition coefficient (Wildman–Crippen LogP) is 3.35. The number of aliphatic hydroxyl groups is 1. The molecule has 1 amide bonds. The summed E-state index contributed by atoms with van der Waals surface area (Å²) < 4.78 is 34.0. The summed E-state index contributed by atoms with van der Waals surface area (Å²) in [6.07, 6.45) is 1.67. The Morgan fingerprint density at radius 2 is 1.62 bits per heavy atom. The molecule has 174 valence electrons. The van der Waals surface area contributed by atoms with E-state index in [1.807, 2.05) is 0 Å². The third-order valence-electron chi connectivity index (χ3n) is 4.52. The van der Waals surface area contributed by atoms with Crippen molar-refractivity contribution in [1.82, 2.24) is 0 Å². The molecular weight excluding hydrogens is 434 g/mol. The summed E-state index contributed by atoms with van der Waals surface area (Å²) in [6.45, 7) is 2.78. The van der Waals surface area contributed by atoms with E-state index >= 15 is 0 Å². The Morgan fingerprint density at radius 1 is 1.03 bits per heavy atom. The highest BCUT2D eigenvalue weighted by Crippen LogP contribution is 2.35. The van der Waals surface area contributed by atoms with Crippen LogP contribution in [0.5, 0.6) is 23.0 Å². The van der Waals surface area contributed by atoms with Crippen LogP contribution in [0.3, 0.4) is 0 Å². The molecule has 0 aliphatic rings. The van der Waals surface area contributed by atoms with Gasteiger partial charge in [0.05, 0.1) is 39.7 Å². The topological polar surface area (TPSA) is 109 Å². The van der Waals surface area contributed by atoms with Crippen molar-refractivity contribution in [2.45, 2.75) is 25.2 Å². The van der Waals surface area contributed by atoms with Crippen LogP contribution >= 0.6 is 0 Å². The maximum atomic E-state index is 12.7. The van der Waals surface area contributed by atoms with Gasteiger partial charge in [0.1, 0.15) is 39.8 Å². The van der Waals surface area contributed by atoms with E-state index in [9.17, 15) is 14.5 Å². The van der Waals surface area contributed by atoms with Gasteiger partial charge in [-0.1, -0.05) is 6.07 Å². The molecule has 2 aromatic rings. The van der Waals surface area contributed by atoms with Crippen LogP contribution in [0.25, 0.3) is 6.08 Å². The first kappa shape index (κ1) is 25.4. The fourth-order valence-corrected chi connectivity index (χ4v) is 3.66. The molecule has 0 aromatic heterocycles. The van der Waals surface area contributed by atoms with Gasteiger partial charge in [0.15, 0.2) is 0 Å². The van der Waals surface area contributed by atoms with Gasteiger partial charge >= 0.3 is 0 Å². The summed E-state index contributed by atoms with van der Waals surface area (Å²) >= 11 is -1.37. The molecule has 0 spiro atoms. The van der Waals surface area contributed by atoms with Crippen molar-refractivity contribution in [2.75, 3.05) is 33.8 Å². The van der Waals surface area contributed by atoms with Crippen LogP contribution in [-0.4, -0.2) is 49.6 Å². The molecule has 0 fully saturated rings. The minimum Gasteiger partial charge on any atom is -0.612 e. The molecule has 9 heteroatoms. The second-order valence-electron chi connectivity index (χ2n) is 7.32. The van der Waals surface area contributed by atoms with Gasteiger partial charge in [0.2, 0.25) is 0 Å². The average Bonchev–Trinajstić information content (AvgIpc) is 2.76. The van der Waals surface area contributed by atoms with E-state index < -0.39 is 22.7 Å². The number of nitrogens with one attached hydrogen (secondary N) is 1. The Morgan fingerprint density at radius 3 is 2.12 bits per heavy atom. The zero-order valence-corrected chi connectivity index (χ0v) is 19.9. The zero-order valence-electron chi connectivity index (χ0n) is 19.1. The van der Waals surface area contributed by atoms with Gasteiger partial charge in [-0.3, -0.25) is 4.79 Å². The molecule has 0 bridgehead atoms. The minimum atomic E-state index is -1.55. The number of anilines is 1. The summed E-state index contributed by atoms with van der Waals surface area (Å²) in [7, 11) is 6.09. The predicted molar refractivity (Wildman–Crippen MR) is 125 cm³/mol. The Hall–Kier alpha value is -2.88. The van der Waals surface area contributed by atoms with Gasteiger partial charge in [-0.15, -0.1) is 0 Å². The second-order valence-corrected chi connectivity index (χ2v) is 8.64. The van der Waals surface area contributed by atoms with Crippen LogP contribution in [0.15, 0.2) is 35.7 Å². The molecule has 2 N–H and O–H groups in total. The second kappa shape index (κ2) is 11.1. The van der Waals surface area contributed by atoms with Crippen LogP contribution in [0.4, 0.5) is 5.69 Å². The lowest BCUT2D eigenvalue weighted by atomic mass is 10.1. The van der Waals surface area contributed by atoms with Gasteiger partial charge in [0.25, 0.3) is 5.91 Å². The molecule has 8 nitrogen and oxygen atoms in total. The largest absolute Gasteiger partial charge is 0.612 e. The van der Waals surface area contributed by atoms with Crippen molar-refractivity contribution < 1.29 is 33.4 Å². The first-order chi connectivity index (χ1) is 15.1. The number of carbonyl (C=O) groups is 1. The molecule has 0 aliphatic carbocycles. The van der Waals surface area contributed by atoms with Crippen LogP contribution < -0.4 is 24.3 Å². The van der Waals surface area contributed by atoms with Gasteiger partial charge in [-0.25, -0.2) is 0 Å². The minimum absolute atomic E-state index is 0.201. The number of hydrogen-bond acceptors (Lipinski definition) is 7. The quantitative estimate of drug-likeness (QED) is 0.520. The monoisotopic (exact) mass is 463 g/mol. The van der Waals surface area contributed by atoms with E-state index in [2.05, 4.69) is 5.32 Å².